The Hall–Kier alpha value is -1.44. The zero-order valence-corrected chi connectivity index (χ0v) is 13.2. The summed E-state index contributed by atoms with van der Waals surface area (Å²) in [6.45, 7) is 5.83. The molecule has 1 aromatic rings. The van der Waals surface area contributed by atoms with Gasteiger partial charge in [-0.2, -0.15) is 4.31 Å². The van der Waals surface area contributed by atoms with Crippen molar-refractivity contribution in [1.82, 2.24) is 4.31 Å². The number of carbonyl (C=O) groups excluding carboxylic acids is 1. The van der Waals surface area contributed by atoms with E-state index in [1.165, 1.54) is 23.4 Å². The third kappa shape index (κ3) is 3.61. The van der Waals surface area contributed by atoms with E-state index in [2.05, 4.69) is 5.32 Å². The monoisotopic (exact) mass is 312 g/mol. The molecule has 2 atom stereocenters. The minimum absolute atomic E-state index is 0.116. The lowest BCUT2D eigenvalue weighted by Crippen LogP contribution is -2.50. The summed E-state index contributed by atoms with van der Waals surface area (Å²) >= 11 is 0. The second-order valence-corrected chi connectivity index (χ2v) is 7.16. The molecule has 0 spiro atoms. The molecule has 116 valence electrons. The third-order valence-electron chi connectivity index (χ3n) is 3.33. The van der Waals surface area contributed by atoms with Gasteiger partial charge in [0.05, 0.1) is 17.6 Å². The summed E-state index contributed by atoms with van der Waals surface area (Å²) in [7, 11) is -3.55. The number of hydrogen-bond acceptors (Lipinski definition) is 4. The van der Waals surface area contributed by atoms with Crippen molar-refractivity contribution in [2.45, 2.75) is 37.8 Å². The first-order chi connectivity index (χ1) is 9.80. The number of benzene rings is 1. The molecule has 1 aliphatic rings. The highest BCUT2D eigenvalue weighted by atomic mass is 32.2. The maximum absolute atomic E-state index is 12.7. The van der Waals surface area contributed by atoms with Crippen LogP contribution in [-0.4, -0.2) is 43.9 Å². The van der Waals surface area contributed by atoms with Crippen molar-refractivity contribution < 1.29 is 17.9 Å². The van der Waals surface area contributed by atoms with Gasteiger partial charge in [0.15, 0.2) is 0 Å². The first-order valence-corrected chi connectivity index (χ1v) is 8.26. The minimum atomic E-state index is -3.55. The molecule has 2 unspecified atom stereocenters. The van der Waals surface area contributed by atoms with Crippen LogP contribution >= 0.6 is 0 Å². The Bertz CT molecular complexity index is 612. The zero-order chi connectivity index (χ0) is 15.6. The molecule has 6 nitrogen and oxygen atoms in total. The van der Waals surface area contributed by atoms with Crippen molar-refractivity contribution in [1.29, 1.82) is 0 Å². The Kier molecular flexibility index (Phi) is 4.65. The van der Waals surface area contributed by atoms with E-state index < -0.39 is 10.0 Å². The molecule has 0 bridgehead atoms. The van der Waals surface area contributed by atoms with Crippen molar-refractivity contribution in [3.05, 3.63) is 24.3 Å². The largest absolute Gasteiger partial charge is 0.375 e. The molecule has 7 heteroatoms. The second-order valence-electron chi connectivity index (χ2n) is 5.27. The summed E-state index contributed by atoms with van der Waals surface area (Å²) in [6.07, 6.45) is -0.116. The standard InChI is InChI=1S/C14H20N2O4S/c1-10-9-20-11(2)8-16(10)21(18,19)14-6-4-13(5-7-14)15-12(3)17/h4-7,10-11H,8-9H2,1-3H3,(H,15,17). The van der Waals surface area contributed by atoms with Gasteiger partial charge in [-0.25, -0.2) is 8.42 Å². The molecule has 1 saturated heterocycles. The van der Waals surface area contributed by atoms with E-state index in [4.69, 9.17) is 4.74 Å². The predicted octanol–water partition coefficient (Wildman–Crippen LogP) is 1.44. The van der Waals surface area contributed by atoms with E-state index in [0.717, 1.165) is 0 Å². The molecule has 1 heterocycles. The van der Waals surface area contributed by atoms with Crippen LogP contribution in [0.5, 0.6) is 0 Å². The number of amides is 1. The van der Waals surface area contributed by atoms with Gasteiger partial charge >= 0.3 is 0 Å². The predicted molar refractivity (Wildman–Crippen MR) is 79.5 cm³/mol. The summed E-state index contributed by atoms with van der Waals surface area (Å²) in [6, 6.07) is 5.99. The molecule has 1 amide bonds. The fraction of sp³-hybridized carbons (Fsp3) is 0.500. The van der Waals surface area contributed by atoms with E-state index in [0.29, 0.717) is 18.8 Å². The molecule has 0 radical (unpaired) electrons. The maximum atomic E-state index is 12.7. The first kappa shape index (κ1) is 15.9. The van der Waals surface area contributed by atoms with Gasteiger partial charge < -0.3 is 10.1 Å². The van der Waals surface area contributed by atoms with Gasteiger partial charge in [0.1, 0.15) is 0 Å². The van der Waals surface area contributed by atoms with Gasteiger partial charge in [0.2, 0.25) is 15.9 Å². The van der Waals surface area contributed by atoms with E-state index in [-0.39, 0.29) is 22.9 Å². The highest BCUT2D eigenvalue weighted by Gasteiger charge is 2.33. The van der Waals surface area contributed by atoms with Gasteiger partial charge in [0.25, 0.3) is 0 Å². The second kappa shape index (κ2) is 6.13. The fourth-order valence-corrected chi connectivity index (χ4v) is 3.95. The number of nitrogens with one attached hydrogen (secondary N) is 1. The Balaban J connectivity index is 2.24. The first-order valence-electron chi connectivity index (χ1n) is 6.82. The quantitative estimate of drug-likeness (QED) is 0.916. The van der Waals surface area contributed by atoms with Crippen LogP contribution < -0.4 is 5.32 Å². The Morgan fingerprint density at radius 1 is 1.29 bits per heavy atom. The molecule has 1 aromatic carbocycles. The van der Waals surface area contributed by atoms with Gasteiger partial charge in [-0.3, -0.25) is 4.79 Å². The van der Waals surface area contributed by atoms with Crippen LogP contribution in [0.3, 0.4) is 0 Å². The van der Waals surface area contributed by atoms with Gasteiger partial charge in [-0.05, 0) is 38.1 Å². The summed E-state index contributed by atoms with van der Waals surface area (Å²) in [5, 5.41) is 2.61. The summed E-state index contributed by atoms with van der Waals surface area (Å²) in [4.78, 5) is 11.2. The molecule has 0 aliphatic carbocycles. The molecule has 1 N–H and O–H groups in total. The molecule has 2 rings (SSSR count). The topological polar surface area (TPSA) is 75.7 Å². The number of nitrogens with zero attached hydrogens (tertiary/aromatic N) is 1. The van der Waals surface area contributed by atoms with Crippen molar-refractivity contribution in [3.8, 4) is 0 Å². The molecular formula is C14H20N2O4S. The van der Waals surface area contributed by atoms with E-state index in [9.17, 15) is 13.2 Å². The molecule has 1 aliphatic heterocycles. The summed E-state index contributed by atoms with van der Waals surface area (Å²) in [5.41, 5.74) is 0.574. The van der Waals surface area contributed by atoms with E-state index in [1.54, 1.807) is 12.1 Å². The number of carbonyl (C=O) groups is 1. The number of morpholine rings is 1. The number of rotatable bonds is 3. The highest BCUT2D eigenvalue weighted by molar-refractivity contribution is 7.89. The molecule has 0 saturated carbocycles. The highest BCUT2D eigenvalue weighted by Crippen LogP contribution is 2.23. The average Bonchev–Trinajstić information content (AvgIpc) is 2.41. The van der Waals surface area contributed by atoms with Crippen LogP contribution in [0.1, 0.15) is 20.8 Å². The third-order valence-corrected chi connectivity index (χ3v) is 5.33. The number of ether oxygens (including phenoxy) is 1. The van der Waals surface area contributed by atoms with Crippen LogP contribution in [0, 0.1) is 0 Å². The Labute approximate surface area is 125 Å². The van der Waals surface area contributed by atoms with Crippen LogP contribution in [-0.2, 0) is 19.6 Å². The van der Waals surface area contributed by atoms with Gasteiger partial charge in [-0.1, -0.05) is 0 Å². The van der Waals surface area contributed by atoms with E-state index in [1.807, 2.05) is 13.8 Å². The van der Waals surface area contributed by atoms with Crippen molar-refractivity contribution in [2.75, 3.05) is 18.5 Å². The van der Waals surface area contributed by atoms with Crippen LogP contribution in [0.2, 0.25) is 0 Å². The zero-order valence-electron chi connectivity index (χ0n) is 12.4. The molecule has 21 heavy (non-hydrogen) atoms. The average molecular weight is 312 g/mol. The van der Waals surface area contributed by atoms with Crippen LogP contribution in [0.15, 0.2) is 29.2 Å². The summed E-state index contributed by atoms with van der Waals surface area (Å²) in [5.74, 6) is -0.193. The fourth-order valence-electron chi connectivity index (χ4n) is 2.26. The lowest BCUT2D eigenvalue weighted by atomic mass is 10.2. The van der Waals surface area contributed by atoms with E-state index >= 15 is 0 Å². The number of sulfonamides is 1. The minimum Gasteiger partial charge on any atom is -0.375 e. The number of anilines is 1. The van der Waals surface area contributed by atoms with Crippen LogP contribution in [0.25, 0.3) is 0 Å². The molecular weight excluding hydrogens is 292 g/mol. The van der Waals surface area contributed by atoms with Crippen LogP contribution in [0.4, 0.5) is 5.69 Å². The molecule has 0 aromatic heterocycles. The van der Waals surface area contributed by atoms with Crippen molar-refractivity contribution in [2.24, 2.45) is 0 Å². The molecule has 1 fully saturated rings. The summed E-state index contributed by atoms with van der Waals surface area (Å²) < 4.78 is 32.2. The lowest BCUT2D eigenvalue weighted by Gasteiger charge is -2.35. The SMILES string of the molecule is CC(=O)Nc1ccc(S(=O)(=O)N2CC(C)OCC2C)cc1. The van der Waals surface area contributed by atoms with Crippen molar-refractivity contribution in [3.63, 3.8) is 0 Å². The lowest BCUT2D eigenvalue weighted by molar-refractivity contribution is -0.114. The van der Waals surface area contributed by atoms with Gasteiger partial charge in [-0.15, -0.1) is 0 Å². The van der Waals surface area contributed by atoms with Crippen molar-refractivity contribution >= 4 is 21.6 Å². The smallest absolute Gasteiger partial charge is 0.243 e. The van der Waals surface area contributed by atoms with Gasteiger partial charge in [0, 0.05) is 25.2 Å². The number of hydrogen-bond donors (Lipinski definition) is 1. The Morgan fingerprint density at radius 3 is 2.48 bits per heavy atom. The normalized spacial score (nSPS) is 23.8. The maximum Gasteiger partial charge on any atom is 0.243 e. The Morgan fingerprint density at radius 2 is 1.90 bits per heavy atom.